The largest absolute Gasteiger partial charge is 0.493 e. The molecule has 10 heteroatoms. The maximum absolute atomic E-state index is 12.0. The number of hydrazone groups is 2. The van der Waals surface area contributed by atoms with E-state index in [-0.39, 0.29) is 0 Å². The van der Waals surface area contributed by atoms with Gasteiger partial charge in [-0.15, -0.1) is 0 Å². The Bertz CT molecular complexity index is 1010. The smallest absolute Gasteiger partial charge is 0.249 e. The van der Waals surface area contributed by atoms with Crippen LogP contribution >= 0.6 is 0 Å². The summed E-state index contributed by atoms with van der Waals surface area (Å²) in [6.45, 7) is 7.89. The number of hydrogen-bond donors (Lipinski definition) is 2. The first-order chi connectivity index (χ1) is 17.0. The SMILES string of the molecule is C=CCOc1ccc(/C=N\NC(=O)CC(=O)N/N=C\c2ccc(OCC=C)c(OC)c2)cc1OC. The highest BCUT2D eigenvalue weighted by Gasteiger charge is 2.09. The Labute approximate surface area is 203 Å². The maximum atomic E-state index is 12.0. The van der Waals surface area contributed by atoms with Crippen LogP contribution in [0.2, 0.25) is 0 Å². The number of benzene rings is 2. The molecule has 0 fully saturated rings. The van der Waals surface area contributed by atoms with Crippen LogP contribution in [0.5, 0.6) is 23.0 Å². The van der Waals surface area contributed by atoms with Gasteiger partial charge < -0.3 is 18.9 Å². The molecule has 2 N–H and O–H groups in total. The van der Waals surface area contributed by atoms with E-state index < -0.39 is 18.2 Å². The molecule has 2 aromatic carbocycles. The highest BCUT2D eigenvalue weighted by atomic mass is 16.5. The molecular weight excluding hydrogens is 452 g/mol. The molecule has 2 amide bonds. The minimum absolute atomic E-state index is 0.345. The van der Waals surface area contributed by atoms with Crippen LogP contribution in [-0.2, 0) is 9.59 Å². The third-order valence-electron chi connectivity index (χ3n) is 4.22. The van der Waals surface area contributed by atoms with Gasteiger partial charge in [-0.2, -0.15) is 10.2 Å². The first-order valence-corrected chi connectivity index (χ1v) is 10.5. The van der Waals surface area contributed by atoms with Gasteiger partial charge in [0, 0.05) is 0 Å². The molecule has 0 heterocycles. The highest BCUT2D eigenvalue weighted by Crippen LogP contribution is 2.28. The third-order valence-corrected chi connectivity index (χ3v) is 4.22. The average molecular weight is 481 g/mol. The molecule has 0 aliphatic rings. The Kier molecular flexibility index (Phi) is 11.1. The minimum atomic E-state index is -0.600. The number of nitrogens with zero attached hydrogens (tertiary/aromatic N) is 2. The van der Waals surface area contributed by atoms with E-state index in [0.29, 0.717) is 47.3 Å². The Morgan fingerprint density at radius 1 is 0.771 bits per heavy atom. The van der Waals surface area contributed by atoms with Crippen molar-refractivity contribution < 1.29 is 28.5 Å². The number of methoxy groups -OCH3 is 2. The minimum Gasteiger partial charge on any atom is -0.493 e. The summed E-state index contributed by atoms with van der Waals surface area (Å²) in [6, 6.07) is 10.3. The number of rotatable bonds is 14. The fourth-order valence-electron chi connectivity index (χ4n) is 2.65. The highest BCUT2D eigenvalue weighted by molar-refractivity contribution is 5.97. The number of amides is 2. The van der Waals surface area contributed by atoms with Crippen LogP contribution in [0.4, 0.5) is 0 Å². The van der Waals surface area contributed by atoms with Crippen LogP contribution in [0.15, 0.2) is 71.9 Å². The molecule has 184 valence electrons. The van der Waals surface area contributed by atoms with Crippen LogP contribution < -0.4 is 29.8 Å². The van der Waals surface area contributed by atoms with Crippen molar-refractivity contribution in [2.75, 3.05) is 27.4 Å². The number of hydrogen-bond acceptors (Lipinski definition) is 8. The topological polar surface area (TPSA) is 120 Å². The van der Waals surface area contributed by atoms with Gasteiger partial charge in [-0.3, -0.25) is 9.59 Å². The quantitative estimate of drug-likeness (QED) is 0.186. The van der Waals surface area contributed by atoms with Gasteiger partial charge in [-0.25, -0.2) is 10.9 Å². The predicted molar refractivity (Wildman–Crippen MR) is 133 cm³/mol. The van der Waals surface area contributed by atoms with Crippen LogP contribution in [0.25, 0.3) is 0 Å². The molecule has 0 aliphatic carbocycles. The van der Waals surface area contributed by atoms with Crippen molar-refractivity contribution in [2.45, 2.75) is 6.42 Å². The van der Waals surface area contributed by atoms with E-state index in [9.17, 15) is 9.59 Å². The van der Waals surface area contributed by atoms with Gasteiger partial charge in [0.05, 0.1) is 26.6 Å². The van der Waals surface area contributed by atoms with Gasteiger partial charge in [0.1, 0.15) is 19.6 Å². The molecule has 0 unspecified atom stereocenters. The first-order valence-electron chi connectivity index (χ1n) is 10.5. The summed E-state index contributed by atoms with van der Waals surface area (Å²) in [5.41, 5.74) is 5.91. The van der Waals surface area contributed by atoms with E-state index in [2.05, 4.69) is 34.2 Å². The molecule has 35 heavy (non-hydrogen) atoms. The molecule has 0 spiro atoms. The van der Waals surface area contributed by atoms with E-state index in [1.165, 1.54) is 26.6 Å². The monoisotopic (exact) mass is 480 g/mol. The van der Waals surface area contributed by atoms with Crippen LogP contribution in [0.1, 0.15) is 17.5 Å². The molecule has 0 radical (unpaired) electrons. The van der Waals surface area contributed by atoms with Crippen molar-refractivity contribution >= 4 is 24.2 Å². The fourth-order valence-corrected chi connectivity index (χ4v) is 2.65. The lowest BCUT2D eigenvalue weighted by Crippen LogP contribution is -2.27. The molecular formula is C25H28N4O6. The van der Waals surface area contributed by atoms with Gasteiger partial charge in [-0.1, -0.05) is 25.3 Å². The molecule has 2 rings (SSSR count). The molecule has 2 aromatic rings. The third kappa shape index (κ3) is 9.04. The maximum Gasteiger partial charge on any atom is 0.249 e. The van der Waals surface area contributed by atoms with Crippen molar-refractivity contribution in [1.29, 1.82) is 0 Å². The van der Waals surface area contributed by atoms with Crippen molar-refractivity contribution in [2.24, 2.45) is 10.2 Å². The van der Waals surface area contributed by atoms with Gasteiger partial charge in [0.2, 0.25) is 11.8 Å². The Balaban J connectivity index is 1.83. The summed E-state index contributed by atoms with van der Waals surface area (Å²) < 4.78 is 21.5. The normalized spacial score (nSPS) is 10.6. The Morgan fingerprint density at radius 3 is 1.57 bits per heavy atom. The molecule has 0 bridgehead atoms. The molecule has 0 aliphatic heterocycles. The summed E-state index contributed by atoms with van der Waals surface area (Å²) in [5, 5.41) is 7.70. The van der Waals surface area contributed by atoms with Crippen LogP contribution in [0.3, 0.4) is 0 Å². The zero-order chi connectivity index (χ0) is 25.5. The van der Waals surface area contributed by atoms with Crippen LogP contribution in [0, 0.1) is 0 Å². The first kappa shape index (κ1) is 26.7. The van der Waals surface area contributed by atoms with Crippen molar-refractivity contribution in [3.8, 4) is 23.0 Å². The molecule has 0 atom stereocenters. The second-order valence-electron chi connectivity index (χ2n) is 6.78. The second-order valence-corrected chi connectivity index (χ2v) is 6.78. The van der Waals surface area contributed by atoms with Gasteiger partial charge >= 0.3 is 0 Å². The average Bonchev–Trinajstić information content (AvgIpc) is 2.86. The zero-order valence-corrected chi connectivity index (χ0v) is 19.7. The van der Waals surface area contributed by atoms with Gasteiger partial charge in [0.15, 0.2) is 23.0 Å². The van der Waals surface area contributed by atoms with Crippen molar-refractivity contribution in [3.05, 3.63) is 72.8 Å². The standard InChI is InChI=1S/C25H28N4O6/c1-5-11-34-20-9-7-18(13-22(20)32-3)16-26-28-24(30)15-25(31)29-27-17-19-8-10-21(35-12-6-2)23(14-19)33-4/h5-10,13-14,16-17H,1-2,11-12,15H2,3-4H3,(H,28,30)(H,29,31)/b26-16-,27-17-. The van der Waals surface area contributed by atoms with E-state index >= 15 is 0 Å². The summed E-state index contributed by atoms with van der Waals surface area (Å²) in [6.07, 6.45) is 5.64. The Hall–Kier alpha value is -4.60. The zero-order valence-electron chi connectivity index (χ0n) is 19.7. The predicted octanol–water partition coefficient (Wildman–Crippen LogP) is 2.82. The number of ether oxygens (including phenoxy) is 4. The van der Waals surface area contributed by atoms with E-state index in [1.807, 2.05) is 0 Å². The number of carbonyl (C=O) groups excluding carboxylic acids is 2. The number of nitrogens with one attached hydrogen (secondary N) is 2. The summed E-state index contributed by atoms with van der Waals surface area (Å²) in [5.74, 6) is 0.934. The molecule has 0 saturated heterocycles. The van der Waals surface area contributed by atoms with E-state index in [4.69, 9.17) is 18.9 Å². The van der Waals surface area contributed by atoms with Crippen molar-refractivity contribution in [1.82, 2.24) is 10.9 Å². The fraction of sp³-hybridized carbons (Fsp3) is 0.200. The van der Waals surface area contributed by atoms with Crippen LogP contribution in [-0.4, -0.2) is 51.7 Å². The molecule has 0 aromatic heterocycles. The summed E-state index contributed by atoms with van der Waals surface area (Å²) in [4.78, 5) is 23.9. The molecule has 10 nitrogen and oxygen atoms in total. The van der Waals surface area contributed by atoms with E-state index in [1.54, 1.807) is 48.6 Å². The summed E-state index contributed by atoms with van der Waals surface area (Å²) in [7, 11) is 3.04. The number of carbonyl (C=O) groups is 2. The second kappa shape index (κ2) is 14.5. The van der Waals surface area contributed by atoms with Gasteiger partial charge in [0.25, 0.3) is 0 Å². The van der Waals surface area contributed by atoms with E-state index in [0.717, 1.165) is 0 Å². The summed E-state index contributed by atoms with van der Waals surface area (Å²) >= 11 is 0. The van der Waals surface area contributed by atoms with Gasteiger partial charge in [-0.05, 0) is 47.5 Å². The molecule has 0 saturated carbocycles. The lowest BCUT2D eigenvalue weighted by molar-refractivity contribution is -0.129. The lowest BCUT2D eigenvalue weighted by Gasteiger charge is -2.09. The van der Waals surface area contributed by atoms with Crippen molar-refractivity contribution in [3.63, 3.8) is 0 Å². The Morgan fingerprint density at radius 2 is 1.20 bits per heavy atom. The lowest BCUT2D eigenvalue weighted by atomic mass is 10.2.